The molecule has 5 heteroatoms. The fraction of sp³-hybridized carbons (Fsp3) is 0.500. The van der Waals surface area contributed by atoms with E-state index in [0.717, 1.165) is 13.1 Å². The van der Waals surface area contributed by atoms with Crippen LogP contribution in [-0.2, 0) is 0 Å². The molecule has 1 fully saturated rings. The van der Waals surface area contributed by atoms with Crippen LogP contribution >= 0.6 is 11.6 Å². The molecular formula is C12H15ClN4. The molecule has 90 valence electrons. The lowest BCUT2D eigenvalue weighted by molar-refractivity contribution is 0.405. The van der Waals surface area contributed by atoms with Gasteiger partial charge in [-0.2, -0.15) is 5.26 Å². The van der Waals surface area contributed by atoms with Crippen LogP contribution in [-0.4, -0.2) is 30.2 Å². The number of piperazine rings is 1. The SMILES string of the molecule is CC1CN(c2nccc(C#N)c2Cl)CC(C)N1. The number of rotatable bonds is 1. The Labute approximate surface area is 106 Å². The molecule has 1 aromatic heterocycles. The van der Waals surface area contributed by atoms with E-state index in [1.807, 2.05) is 0 Å². The Balaban J connectivity index is 2.31. The summed E-state index contributed by atoms with van der Waals surface area (Å²) in [7, 11) is 0. The number of aromatic nitrogens is 1. The highest BCUT2D eigenvalue weighted by Gasteiger charge is 2.24. The molecule has 1 aromatic rings. The van der Waals surface area contributed by atoms with E-state index in [1.54, 1.807) is 12.3 Å². The molecule has 0 radical (unpaired) electrons. The van der Waals surface area contributed by atoms with Gasteiger partial charge in [-0.15, -0.1) is 0 Å². The first-order chi connectivity index (χ1) is 8.11. The summed E-state index contributed by atoms with van der Waals surface area (Å²) in [6, 6.07) is 4.50. The molecule has 1 aliphatic rings. The molecule has 1 aliphatic heterocycles. The molecule has 0 aromatic carbocycles. The topological polar surface area (TPSA) is 52.0 Å². The van der Waals surface area contributed by atoms with Crippen molar-refractivity contribution >= 4 is 17.4 Å². The van der Waals surface area contributed by atoms with Crippen molar-refractivity contribution in [2.24, 2.45) is 0 Å². The number of anilines is 1. The summed E-state index contributed by atoms with van der Waals surface area (Å²) >= 11 is 6.19. The lowest BCUT2D eigenvalue weighted by atomic mass is 10.1. The van der Waals surface area contributed by atoms with Crippen LogP contribution in [0.25, 0.3) is 0 Å². The van der Waals surface area contributed by atoms with Gasteiger partial charge in [0.15, 0.2) is 0 Å². The summed E-state index contributed by atoms with van der Waals surface area (Å²) in [5.74, 6) is 0.714. The Morgan fingerprint density at radius 1 is 1.47 bits per heavy atom. The average Bonchev–Trinajstić information content (AvgIpc) is 2.28. The Kier molecular flexibility index (Phi) is 3.51. The third-order valence-corrected chi connectivity index (χ3v) is 3.22. The van der Waals surface area contributed by atoms with Gasteiger partial charge in [0.05, 0.1) is 5.56 Å². The summed E-state index contributed by atoms with van der Waals surface area (Å²) in [5, 5.41) is 12.9. The van der Waals surface area contributed by atoms with E-state index >= 15 is 0 Å². The number of pyridine rings is 1. The van der Waals surface area contributed by atoms with Gasteiger partial charge in [0.1, 0.15) is 16.9 Å². The molecule has 0 spiro atoms. The fourth-order valence-corrected chi connectivity index (χ4v) is 2.51. The maximum absolute atomic E-state index is 8.95. The van der Waals surface area contributed by atoms with E-state index in [0.29, 0.717) is 28.5 Å². The summed E-state index contributed by atoms with van der Waals surface area (Å²) in [6.45, 7) is 5.97. The summed E-state index contributed by atoms with van der Waals surface area (Å²) < 4.78 is 0. The smallest absolute Gasteiger partial charge is 0.148 e. The third-order valence-electron chi connectivity index (χ3n) is 2.85. The van der Waals surface area contributed by atoms with Crippen LogP contribution in [0.15, 0.2) is 12.3 Å². The molecule has 2 unspecified atom stereocenters. The second kappa shape index (κ2) is 4.91. The molecule has 2 heterocycles. The van der Waals surface area contributed by atoms with Crippen molar-refractivity contribution in [1.82, 2.24) is 10.3 Å². The minimum Gasteiger partial charge on any atom is -0.352 e. The van der Waals surface area contributed by atoms with Gasteiger partial charge in [-0.3, -0.25) is 0 Å². The third kappa shape index (κ3) is 2.51. The van der Waals surface area contributed by atoms with Gasteiger partial charge >= 0.3 is 0 Å². The fourth-order valence-electron chi connectivity index (χ4n) is 2.24. The number of nitrogens with one attached hydrogen (secondary N) is 1. The lowest BCUT2D eigenvalue weighted by Gasteiger charge is -2.37. The van der Waals surface area contributed by atoms with Crippen molar-refractivity contribution in [3.8, 4) is 6.07 Å². The minimum atomic E-state index is 0.391. The van der Waals surface area contributed by atoms with Gasteiger partial charge in [-0.25, -0.2) is 4.98 Å². The van der Waals surface area contributed by atoms with Crippen LogP contribution in [0.3, 0.4) is 0 Å². The van der Waals surface area contributed by atoms with E-state index in [2.05, 4.69) is 35.1 Å². The molecule has 0 aliphatic carbocycles. The Hall–Kier alpha value is -1.31. The van der Waals surface area contributed by atoms with Gasteiger partial charge in [0, 0.05) is 31.4 Å². The predicted molar refractivity (Wildman–Crippen MR) is 68.2 cm³/mol. The largest absolute Gasteiger partial charge is 0.352 e. The predicted octanol–water partition coefficient (Wildman–Crippen LogP) is 1.79. The molecule has 4 nitrogen and oxygen atoms in total. The Bertz CT molecular complexity index is 444. The molecule has 17 heavy (non-hydrogen) atoms. The maximum atomic E-state index is 8.95. The van der Waals surface area contributed by atoms with Crippen molar-refractivity contribution in [3.05, 3.63) is 22.8 Å². The molecule has 0 saturated carbocycles. The highest BCUT2D eigenvalue weighted by Crippen LogP contribution is 2.27. The van der Waals surface area contributed by atoms with Gasteiger partial charge in [-0.05, 0) is 19.9 Å². The van der Waals surface area contributed by atoms with Gasteiger partial charge in [0.2, 0.25) is 0 Å². The monoisotopic (exact) mass is 250 g/mol. The summed E-state index contributed by atoms with van der Waals surface area (Å²) in [4.78, 5) is 6.43. The first kappa shape index (κ1) is 12.2. The Morgan fingerprint density at radius 2 is 2.12 bits per heavy atom. The number of nitriles is 1. The van der Waals surface area contributed by atoms with Crippen LogP contribution < -0.4 is 10.2 Å². The second-order valence-corrected chi connectivity index (χ2v) is 4.86. The minimum absolute atomic E-state index is 0.391. The number of hydrogen-bond donors (Lipinski definition) is 1. The van der Waals surface area contributed by atoms with Crippen molar-refractivity contribution in [3.63, 3.8) is 0 Å². The van der Waals surface area contributed by atoms with E-state index in [4.69, 9.17) is 16.9 Å². The zero-order valence-corrected chi connectivity index (χ0v) is 10.7. The highest BCUT2D eigenvalue weighted by atomic mass is 35.5. The van der Waals surface area contributed by atoms with E-state index in [1.165, 1.54) is 0 Å². The molecular weight excluding hydrogens is 236 g/mol. The van der Waals surface area contributed by atoms with Gasteiger partial charge < -0.3 is 10.2 Å². The first-order valence-electron chi connectivity index (χ1n) is 5.67. The number of halogens is 1. The van der Waals surface area contributed by atoms with E-state index < -0.39 is 0 Å². The molecule has 2 atom stereocenters. The molecule has 0 amide bonds. The molecule has 2 rings (SSSR count). The van der Waals surface area contributed by atoms with Crippen molar-refractivity contribution < 1.29 is 0 Å². The molecule has 0 bridgehead atoms. The normalized spacial score (nSPS) is 24.5. The van der Waals surface area contributed by atoms with Crippen LogP contribution in [0.2, 0.25) is 5.02 Å². The van der Waals surface area contributed by atoms with Crippen molar-refractivity contribution in [2.75, 3.05) is 18.0 Å². The standard InChI is InChI=1S/C12H15ClN4/c1-8-6-17(7-9(2)16-8)12-11(13)10(5-14)3-4-15-12/h3-4,8-9,16H,6-7H2,1-2H3. The summed E-state index contributed by atoms with van der Waals surface area (Å²) in [5.41, 5.74) is 0.482. The van der Waals surface area contributed by atoms with Gasteiger partial charge in [-0.1, -0.05) is 11.6 Å². The number of nitrogens with zero attached hydrogens (tertiary/aromatic N) is 3. The van der Waals surface area contributed by atoms with Crippen LogP contribution in [0.1, 0.15) is 19.4 Å². The first-order valence-corrected chi connectivity index (χ1v) is 6.05. The average molecular weight is 251 g/mol. The Morgan fingerprint density at radius 3 is 2.71 bits per heavy atom. The zero-order valence-electron chi connectivity index (χ0n) is 9.94. The lowest BCUT2D eigenvalue weighted by Crippen LogP contribution is -2.54. The quantitative estimate of drug-likeness (QED) is 0.826. The van der Waals surface area contributed by atoms with Crippen LogP contribution in [0, 0.1) is 11.3 Å². The summed E-state index contributed by atoms with van der Waals surface area (Å²) in [6.07, 6.45) is 1.64. The maximum Gasteiger partial charge on any atom is 0.148 e. The zero-order chi connectivity index (χ0) is 12.4. The second-order valence-electron chi connectivity index (χ2n) is 4.48. The van der Waals surface area contributed by atoms with Crippen LogP contribution in [0.5, 0.6) is 0 Å². The molecule has 1 saturated heterocycles. The van der Waals surface area contributed by atoms with Crippen LogP contribution in [0.4, 0.5) is 5.82 Å². The highest BCUT2D eigenvalue weighted by molar-refractivity contribution is 6.34. The van der Waals surface area contributed by atoms with E-state index in [-0.39, 0.29) is 0 Å². The van der Waals surface area contributed by atoms with Crippen molar-refractivity contribution in [2.45, 2.75) is 25.9 Å². The van der Waals surface area contributed by atoms with Gasteiger partial charge in [0.25, 0.3) is 0 Å². The van der Waals surface area contributed by atoms with E-state index in [9.17, 15) is 0 Å². The number of hydrogen-bond acceptors (Lipinski definition) is 4. The molecule has 1 N–H and O–H groups in total. The van der Waals surface area contributed by atoms with Crippen molar-refractivity contribution in [1.29, 1.82) is 5.26 Å².